The number of benzene rings is 1. The summed E-state index contributed by atoms with van der Waals surface area (Å²) in [6.45, 7) is -0.947. The zero-order valence-electron chi connectivity index (χ0n) is 15.7. The number of hydrogen-bond acceptors (Lipinski definition) is 4. The average molecular weight is 408 g/mol. The third-order valence-corrected chi connectivity index (χ3v) is 5.15. The number of halogens is 2. The van der Waals surface area contributed by atoms with Gasteiger partial charge in [-0.15, -0.1) is 0 Å². The summed E-state index contributed by atoms with van der Waals surface area (Å²) in [6, 6.07) is 2.24. The van der Waals surface area contributed by atoms with E-state index in [0.717, 1.165) is 42.7 Å². The molecule has 29 heavy (non-hydrogen) atoms. The standard InChI is InChI=1S/C19H22F2N4O4/c20-13-6-5-12(9-14(13)21)23-15(26)10-22-16(27)11-25-17(28)19(24-18(25)29)7-3-1-2-4-8-19/h5-6,9H,1-4,7-8,10-11H2,(H,22,27)(H,23,26)(H,24,29). The summed E-state index contributed by atoms with van der Waals surface area (Å²) in [4.78, 5) is 49.8. The maximum absolute atomic E-state index is 13.1. The van der Waals surface area contributed by atoms with Gasteiger partial charge in [0.15, 0.2) is 11.6 Å². The van der Waals surface area contributed by atoms with Crippen molar-refractivity contribution < 1.29 is 28.0 Å². The van der Waals surface area contributed by atoms with Crippen LogP contribution in [0.2, 0.25) is 0 Å². The zero-order chi connectivity index (χ0) is 21.0. The fraction of sp³-hybridized carbons (Fsp3) is 0.474. The van der Waals surface area contributed by atoms with Crippen LogP contribution in [-0.2, 0) is 14.4 Å². The average Bonchev–Trinajstić information content (AvgIpc) is 2.84. The molecule has 1 aromatic rings. The molecule has 1 saturated heterocycles. The summed E-state index contributed by atoms with van der Waals surface area (Å²) < 4.78 is 26.0. The van der Waals surface area contributed by atoms with Crippen molar-refractivity contribution in [1.82, 2.24) is 15.5 Å². The predicted octanol–water partition coefficient (Wildman–Crippen LogP) is 1.66. The summed E-state index contributed by atoms with van der Waals surface area (Å²) in [5.41, 5.74) is -0.898. The van der Waals surface area contributed by atoms with E-state index in [4.69, 9.17) is 0 Å². The molecule has 2 aliphatic rings. The minimum Gasteiger partial charge on any atom is -0.345 e. The number of nitrogens with one attached hydrogen (secondary N) is 3. The van der Waals surface area contributed by atoms with E-state index in [1.165, 1.54) is 6.07 Å². The van der Waals surface area contributed by atoms with E-state index >= 15 is 0 Å². The van der Waals surface area contributed by atoms with Crippen molar-refractivity contribution in [2.75, 3.05) is 18.4 Å². The molecule has 0 radical (unpaired) electrons. The summed E-state index contributed by atoms with van der Waals surface area (Å²) in [5, 5.41) is 7.35. The Balaban J connectivity index is 1.51. The van der Waals surface area contributed by atoms with Gasteiger partial charge in [0.1, 0.15) is 12.1 Å². The molecule has 1 saturated carbocycles. The van der Waals surface area contributed by atoms with E-state index in [1.807, 2.05) is 0 Å². The Kier molecular flexibility index (Phi) is 6.09. The SMILES string of the molecule is O=C(CN1C(=O)NC2(CCCCCC2)C1=O)NCC(=O)Nc1ccc(F)c(F)c1. The molecular weight excluding hydrogens is 386 g/mol. The summed E-state index contributed by atoms with van der Waals surface area (Å²) in [7, 11) is 0. The van der Waals surface area contributed by atoms with Crippen molar-refractivity contribution in [3.8, 4) is 0 Å². The van der Waals surface area contributed by atoms with Gasteiger partial charge in [-0.2, -0.15) is 0 Å². The fourth-order valence-corrected chi connectivity index (χ4v) is 3.65. The van der Waals surface area contributed by atoms with Crippen LogP contribution in [0.3, 0.4) is 0 Å². The Bertz CT molecular complexity index is 837. The number of nitrogens with zero attached hydrogens (tertiary/aromatic N) is 1. The molecule has 0 atom stereocenters. The topological polar surface area (TPSA) is 108 Å². The van der Waals surface area contributed by atoms with Crippen molar-refractivity contribution in [1.29, 1.82) is 0 Å². The summed E-state index contributed by atoms with van der Waals surface area (Å²) in [5.74, 6) is -3.92. The van der Waals surface area contributed by atoms with E-state index in [0.29, 0.717) is 12.8 Å². The van der Waals surface area contributed by atoms with Gasteiger partial charge in [-0.3, -0.25) is 19.3 Å². The lowest BCUT2D eigenvalue weighted by Gasteiger charge is -2.24. The normalized spacial score (nSPS) is 18.3. The highest BCUT2D eigenvalue weighted by atomic mass is 19.2. The van der Waals surface area contributed by atoms with Crippen molar-refractivity contribution in [3.63, 3.8) is 0 Å². The first-order valence-electron chi connectivity index (χ1n) is 9.46. The number of urea groups is 1. The van der Waals surface area contributed by atoms with Gasteiger partial charge in [0.25, 0.3) is 5.91 Å². The van der Waals surface area contributed by atoms with Crippen LogP contribution >= 0.6 is 0 Å². The lowest BCUT2D eigenvalue weighted by Crippen LogP contribution is -2.47. The number of amides is 5. The largest absolute Gasteiger partial charge is 0.345 e. The van der Waals surface area contributed by atoms with Crippen molar-refractivity contribution in [2.24, 2.45) is 0 Å². The third-order valence-electron chi connectivity index (χ3n) is 5.15. The van der Waals surface area contributed by atoms with Gasteiger partial charge in [-0.1, -0.05) is 25.7 Å². The number of anilines is 1. The quantitative estimate of drug-likeness (QED) is 0.644. The van der Waals surface area contributed by atoms with E-state index in [2.05, 4.69) is 16.0 Å². The molecule has 1 aliphatic heterocycles. The monoisotopic (exact) mass is 408 g/mol. The van der Waals surface area contributed by atoms with Crippen LogP contribution in [0.5, 0.6) is 0 Å². The third kappa shape index (κ3) is 4.69. The summed E-state index contributed by atoms with van der Waals surface area (Å²) in [6.07, 6.45) is 4.75. The number of rotatable bonds is 5. The minimum atomic E-state index is -1.11. The van der Waals surface area contributed by atoms with Crippen LogP contribution in [0, 0.1) is 11.6 Å². The molecule has 3 rings (SSSR count). The molecular formula is C19H22F2N4O4. The fourth-order valence-electron chi connectivity index (χ4n) is 3.65. The van der Waals surface area contributed by atoms with Crippen LogP contribution in [0.4, 0.5) is 19.3 Å². The van der Waals surface area contributed by atoms with Crippen LogP contribution in [0.25, 0.3) is 0 Å². The second kappa shape index (κ2) is 8.54. The summed E-state index contributed by atoms with van der Waals surface area (Å²) >= 11 is 0. The van der Waals surface area contributed by atoms with Gasteiger partial charge >= 0.3 is 6.03 Å². The van der Waals surface area contributed by atoms with Crippen molar-refractivity contribution >= 4 is 29.4 Å². The second-order valence-electron chi connectivity index (χ2n) is 7.27. The Morgan fingerprint density at radius 2 is 1.72 bits per heavy atom. The number of imide groups is 1. The molecule has 0 unspecified atom stereocenters. The molecule has 0 aromatic heterocycles. The van der Waals surface area contributed by atoms with Gasteiger partial charge < -0.3 is 16.0 Å². The maximum Gasteiger partial charge on any atom is 0.325 e. The van der Waals surface area contributed by atoms with E-state index in [9.17, 15) is 28.0 Å². The second-order valence-corrected chi connectivity index (χ2v) is 7.27. The van der Waals surface area contributed by atoms with Gasteiger partial charge in [-0.25, -0.2) is 13.6 Å². The zero-order valence-corrected chi connectivity index (χ0v) is 15.7. The number of hydrogen-bond donors (Lipinski definition) is 3. The highest BCUT2D eigenvalue weighted by Crippen LogP contribution is 2.32. The smallest absolute Gasteiger partial charge is 0.325 e. The van der Waals surface area contributed by atoms with Crippen molar-refractivity contribution in [2.45, 2.75) is 44.1 Å². The molecule has 8 nitrogen and oxygen atoms in total. The molecule has 1 aliphatic carbocycles. The molecule has 3 N–H and O–H groups in total. The van der Waals surface area contributed by atoms with Gasteiger partial charge in [0.2, 0.25) is 11.8 Å². The molecule has 1 spiro atoms. The Morgan fingerprint density at radius 3 is 2.38 bits per heavy atom. The highest BCUT2D eigenvalue weighted by molar-refractivity contribution is 6.09. The molecule has 1 heterocycles. The van der Waals surface area contributed by atoms with Gasteiger partial charge in [-0.05, 0) is 25.0 Å². The Labute approximate surface area is 166 Å². The molecule has 156 valence electrons. The van der Waals surface area contributed by atoms with Crippen molar-refractivity contribution in [3.05, 3.63) is 29.8 Å². The molecule has 10 heteroatoms. The molecule has 2 fully saturated rings. The van der Waals surface area contributed by atoms with Crippen LogP contribution in [0.1, 0.15) is 38.5 Å². The first-order chi connectivity index (χ1) is 13.8. The van der Waals surface area contributed by atoms with Crippen LogP contribution < -0.4 is 16.0 Å². The van der Waals surface area contributed by atoms with E-state index < -0.39 is 54.0 Å². The maximum atomic E-state index is 13.1. The van der Waals surface area contributed by atoms with Gasteiger partial charge in [0, 0.05) is 11.8 Å². The molecule has 5 amide bonds. The Hall–Kier alpha value is -3.04. The van der Waals surface area contributed by atoms with Crippen LogP contribution in [-0.4, -0.2) is 47.3 Å². The first-order valence-corrected chi connectivity index (χ1v) is 9.46. The first kappa shape index (κ1) is 20.7. The lowest BCUT2D eigenvalue weighted by atomic mass is 9.90. The predicted molar refractivity (Wildman–Crippen MR) is 98.7 cm³/mol. The van der Waals surface area contributed by atoms with E-state index in [-0.39, 0.29) is 5.69 Å². The number of carbonyl (C=O) groups is 4. The lowest BCUT2D eigenvalue weighted by molar-refractivity contribution is -0.135. The minimum absolute atomic E-state index is 0.0348. The Morgan fingerprint density at radius 1 is 1.03 bits per heavy atom. The van der Waals surface area contributed by atoms with E-state index in [1.54, 1.807) is 0 Å². The highest BCUT2D eigenvalue weighted by Gasteiger charge is 2.51. The molecule has 1 aromatic carbocycles. The number of carbonyl (C=O) groups excluding carboxylic acids is 4. The molecule has 0 bridgehead atoms. The van der Waals surface area contributed by atoms with Gasteiger partial charge in [0.05, 0.1) is 6.54 Å². The van der Waals surface area contributed by atoms with Crippen LogP contribution in [0.15, 0.2) is 18.2 Å².